The van der Waals surface area contributed by atoms with Crippen molar-refractivity contribution in [3.63, 3.8) is 0 Å². The fraction of sp³-hybridized carbons (Fsp3) is 0.263. The lowest BCUT2D eigenvalue weighted by atomic mass is 10.1. The molecule has 0 spiro atoms. The van der Waals surface area contributed by atoms with Gasteiger partial charge in [-0.25, -0.2) is 13.6 Å². The quantitative estimate of drug-likeness (QED) is 0.697. The second-order valence-corrected chi connectivity index (χ2v) is 7.32. The van der Waals surface area contributed by atoms with Crippen LogP contribution in [-0.4, -0.2) is 35.0 Å². The molecule has 0 aliphatic carbocycles. The molecule has 2 rings (SSSR count). The maximum absolute atomic E-state index is 13.2. The summed E-state index contributed by atoms with van der Waals surface area (Å²) in [5, 5.41) is 2.47. The Hall–Kier alpha value is -2.61. The Bertz CT molecular complexity index is 809. The van der Waals surface area contributed by atoms with Crippen molar-refractivity contribution in [3.05, 3.63) is 65.7 Å². The van der Waals surface area contributed by atoms with E-state index in [-0.39, 0.29) is 24.2 Å². The molecule has 0 aliphatic rings. The van der Waals surface area contributed by atoms with E-state index in [1.54, 1.807) is 30.3 Å². The number of benzene rings is 2. The molecule has 0 bridgehead atoms. The first kappa shape index (κ1) is 20.7. The second-order valence-electron chi connectivity index (χ2n) is 5.75. The maximum Gasteiger partial charge on any atom is 0.328 e. The molecule has 1 N–H and O–H groups in total. The SMILES string of the molecule is COC(=O)[C@H](CC[S@@](=O)c1ccccc1)NC(=O)Cc1cc(F)cc(F)c1. The first-order valence-corrected chi connectivity index (χ1v) is 9.46. The average molecular weight is 395 g/mol. The van der Waals surface area contributed by atoms with Crippen LogP contribution in [0.25, 0.3) is 0 Å². The summed E-state index contributed by atoms with van der Waals surface area (Å²) in [5.74, 6) is -2.72. The van der Waals surface area contributed by atoms with E-state index in [1.165, 1.54) is 7.11 Å². The zero-order valence-corrected chi connectivity index (χ0v) is 15.4. The molecule has 0 unspecified atom stereocenters. The summed E-state index contributed by atoms with van der Waals surface area (Å²) >= 11 is 0. The molecule has 0 fully saturated rings. The zero-order valence-electron chi connectivity index (χ0n) is 14.6. The number of rotatable bonds is 8. The summed E-state index contributed by atoms with van der Waals surface area (Å²) in [4.78, 5) is 24.7. The highest BCUT2D eigenvalue weighted by atomic mass is 32.2. The maximum atomic E-state index is 13.2. The van der Waals surface area contributed by atoms with Crippen LogP contribution in [0, 0.1) is 11.6 Å². The number of ether oxygens (including phenoxy) is 1. The van der Waals surface area contributed by atoms with Crippen LogP contribution < -0.4 is 5.32 Å². The fourth-order valence-electron chi connectivity index (χ4n) is 2.45. The van der Waals surface area contributed by atoms with Gasteiger partial charge in [-0.1, -0.05) is 18.2 Å². The van der Waals surface area contributed by atoms with Crippen molar-refractivity contribution in [1.82, 2.24) is 5.32 Å². The van der Waals surface area contributed by atoms with Gasteiger partial charge in [0.2, 0.25) is 5.91 Å². The summed E-state index contributed by atoms with van der Waals surface area (Å²) in [6, 6.07) is 10.5. The molecule has 0 aliphatic heterocycles. The van der Waals surface area contributed by atoms with E-state index in [4.69, 9.17) is 0 Å². The molecular formula is C19H19F2NO4S. The number of nitrogens with one attached hydrogen (secondary N) is 1. The predicted molar refractivity (Wildman–Crippen MR) is 96.3 cm³/mol. The third-order valence-electron chi connectivity index (χ3n) is 3.71. The Morgan fingerprint density at radius 2 is 1.74 bits per heavy atom. The summed E-state index contributed by atoms with van der Waals surface area (Å²) in [6.45, 7) is 0. The number of amides is 1. The van der Waals surface area contributed by atoms with Crippen molar-refractivity contribution in [2.24, 2.45) is 0 Å². The highest BCUT2D eigenvalue weighted by Crippen LogP contribution is 2.10. The molecule has 2 aromatic rings. The van der Waals surface area contributed by atoms with E-state index in [0.29, 0.717) is 11.0 Å². The minimum absolute atomic E-state index is 0.0947. The normalized spacial score (nSPS) is 12.9. The van der Waals surface area contributed by atoms with E-state index < -0.39 is 40.4 Å². The average Bonchev–Trinajstić information content (AvgIpc) is 2.64. The minimum Gasteiger partial charge on any atom is -0.467 e. The highest BCUT2D eigenvalue weighted by Gasteiger charge is 2.22. The Kier molecular flexibility index (Phi) is 7.60. The van der Waals surface area contributed by atoms with Crippen molar-refractivity contribution >= 4 is 22.7 Å². The van der Waals surface area contributed by atoms with Gasteiger partial charge in [-0.15, -0.1) is 0 Å². The van der Waals surface area contributed by atoms with Crippen LogP contribution in [0.3, 0.4) is 0 Å². The van der Waals surface area contributed by atoms with Gasteiger partial charge >= 0.3 is 5.97 Å². The second kappa shape index (κ2) is 9.91. The molecule has 1 amide bonds. The van der Waals surface area contributed by atoms with Crippen molar-refractivity contribution in [2.75, 3.05) is 12.9 Å². The van der Waals surface area contributed by atoms with Crippen molar-refractivity contribution < 1.29 is 27.3 Å². The van der Waals surface area contributed by atoms with E-state index >= 15 is 0 Å². The Morgan fingerprint density at radius 1 is 1.11 bits per heavy atom. The Balaban J connectivity index is 1.98. The lowest BCUT2D eigenvalue weighted by Gasteiger charge is -2.16. The molecule has 27 heavy (non-hydrogen) atoms. The zero-order chi connectivity index (χ0) is 19.8. The standard InChI is InChI=1S/C19H19F2NO4S/c1-26-19(24)17(7-8-27(25)16-5-3-2-4-6-16)22-18(23)11-13-9-14(20)12-15(21)10-13/h2-6,9-10,12,17H,7-8,11H2,1H3,(H,22,23)/t17-,27+/m0/s1. The number of hydrogen-bond acceptors (Lipinski definition) is 4. The van der Waals surface area contributed by atoms with Gasteiger partial charge in [0.25, 0.3) is 0 Å². The lowest BCUT2D eigenvalue weighted by molar-refractivity contribution is -0.145. The van der Waals surface area contributed by atoms with Crippen LogP contribution in [0.4, 0.5) is 8.78 Å². The number of carbonyl (C=O) groups excluding carboxylic acids is 2. The highest BCUT2D eigenvalue weighted by molar-refractivity contribution is 7.85. The molecule has 0 saturated heterocycles. The molecular weight excluding hydrogens is 376 g/mol. The number of methoxy groups -OCH3 is 1. The molecule has 0 aromatic heterocycles. The van der Waals surface area contributed by atoms with Gasteiger partial charge in [0.1, 0.15) is 17.7 Å². The molecule has 2 aromatic carbocycles. The summed E-state index contributed by atoms with van der Waals surface area (Å²) in [5.41, 5.74) is 0.140. The third kappa shape index (κ3) is 6.56. The minimum atomic E-state index is -1.34. The van der Waals surface area contributed by atoms with E-state index in [0.717, 1.165) is 12.1 Å². The fourth-order valence-corrected chi connectivity index (χ4v) is 3.60. The van der Waals surface area contributed by atoms with Crippen LogP contribution in [0.2, 0.25) is 0 Å². The summed E-state index contributed by atoms with van der Waals surface area (Å²) < 4.78 is 43.4. The van der Waals surface area contributed by atoms with Crippen molar-refractivity contribution in [2.45, 2.75) is 23.8 Å². The molecule has 0 saturated carbocycles. The third-order valence-corrected chi connectivity index (χ3v) is 5.11. The first-order valence-electron chi connectivity index (χ1n) is 8.14. The number of hydrogen-bond donors (Lipinski definition) is 1. The van der Waals surface area contributed by atoms with E-state index in [2.05, 4.69) is 10.1 Å². The van der Waals surface area contributed by atoms with Gasteiger partial charge < -0.3 is 10.1 Å². The monoisotopic (exact) mass is 395 g/mol. The predicted octanol–water partition coefficient (Wildman–Crippen LogP) is 2.36. The van der Waals surface area contributed by atoms with Crippen LogP contribution >= 0.6 is 0 Å². The van der Waals surface area contributed by atoms with Gasteiger partial charge in [-0.3, -0.25) is 9.00 Å². The lowest BCUT2D eigenvalue weighted by Crippen LogP contribution is -2.43. The van der Waals surface area contributed by atoms with E-state index in [1.807, 2.05) is 0 Å². The number of halogens is 2. The molecule has 5 nitrogen and oxygen atoms in total. The number of carbonyl (C=O) groups is 2. The van der Waals surface area contributed by atoms with Crippen LogP contribution in [0.5, 0.6) is 0 Å². The van der Waals surface area contributed by atoms with Gasteiger partial charge in [0.15, 0.2) is 0 Å². The van der Waals surface area contributed by atoms with Gasteiger partial charge in [0, 0.05) is 16.7 Å². The molecule has 0 radical (unpaired) electrons. The van der Waals surface area contributed by atoms with Gasteiger partial charge in [-0.2, -0.15) is 0 Å². The summed E-state index contributed by atoms with van der Waals surface area (Å²) in [6.07, 6.45) is -0.207. The topological polar surface area (TPSA) is 72.5 Å². The molecule has 2 atom stereocenters. The number of esters is 1. The Labute approximate surface area is 158 Å². The van der Waals surface area contributed by atoms with Crippen LogP contribution in [0.1, 0.15) is 12.0 Å². The first-order chi connectivity index (χ1) is 12.9. The molecule has 0 heterocycles. The van der Waals surface area contributed by atoms with Crippen LogP contribution in [-0.2, 0) is 31.5 Å². The van der Waals surface area contributed by atoms with Crippen molar-refractivity contribution in [1.29, 1.82) is 0 Å². The molecule has 144 valence electrons. The smallest absolute Gasteiger partial charge is 0.328 e. The van der Waals surface area contributed by atoms with Crippen LogP contribution in [0.15, 0.2) is 53.4 Å². The van der Waals surface area contributed by atoms with Gasteiger partial charge in [0.05, 0.1) is 24.3 Å². The van der Waals surface area contributed by atoms with E-state index in [9.17, 15) is 22.6 Å². The largest absolute Gasteiger partial charge is 0.467 e. The Morgan fingerprint density at radius 3 is 2.33 bits per heavy atom. The van der Waals surface area contributed by atoms with Crippen molar-refractivity contribution in [3.8, 4) is 0 Å². The molecule has 8 heteroatoms. The summed E-state index contributed by atoms with van der Waals surface area (Å²) in [7, 11) is -0.162. The van der Waals surface area contributed by atoms with Gasteiger partial charge in [-0.05, 0) is 36.2 Å².